The van der Waals surface area contributed by atoms with Crippen molar-refractivity contribution < 1.29 is 4.79 Å². The summed E-state index contributed by atoms with van der Waals surface area (Å²) >= 11 is 1.54. The molecule has 168 valence electrons. The van der Waals surface area contributed by atoms with Gasteiger partial charge in [0.2, 0.25) is 0 Å². The Morgan fingerprint density at radius 3 is 2.76 bits per heavy atom. The van der Waals surface area contributed by atoms with Gasteiger partial charge >= 0.3 is 0 Å². The van der Waals surface area contributed by atoms with Gasteiger partial charge in [-0.1, -0.05) is 18.3 Å². The molecule has 0 unspecified atom stereocenters. The number of nitrogens with zero attached hydrogens (tertiary/aromatic N) is 7. The number of hydrogen-bond acceptors (Lipinski definition) is 8. The maximum atomic E-state index is 14.0. The largest absolute Gasteiger partial charge is 0.359 e. The van der Waals surface area contributed by atoms with Crippen molar-refractivity contribution >= 4 is 32.7 Å². The van der Waals surface area contributed by atoms with Crippen LogP contribution in [0.5, 0.6) is 0 Å². The van der Waals surface area contributed by atoms with Crippen LogP contribution in [0.15, 0.2) is 42.9 Å². The minimum atomic E-state index is -0.0567. The Labute approximate surface area is 194 Å². The number of hydrogen-bond donors (Lipinski definition) is 1. The Hall–Kier alpha value is -3.40. The molecule has 33 heavy (non-hydrogen) atoms. The van der Waals surface area contributed by atoms with E-state index in [1.165, 1.54) is 16.1 Å². The summed E-state index contributed by atoms with van der Waals surface area (Å²) in [6.45, 7) is 4.79. The monoisotopic (exact) mass is 460 g/mol. The van der Waals surface area contributed by atoms with Gasteiger partial charge in [-0.05, 0) is 55.9 Å². The predicted molar refractivity (Wildman–Crippen MR) is 125 cm³/mol. The summed E-state index contributed by atoms with van der Waals surface area (Å²) in [5, 5.41) is 12.8. The number of thiazole rings is 1. The zero-order valence-electron chi connectivity index (χ0n) is 18.4. The fourth-order valence-corrected chi connectivity index (χ4v) is 5.91. The third kappa shape index (κ3) is 3.45. The number of nitrogens with one attached hydrogen (secondary N) is 1. The smallest absolute Gasteiger partial charge is 0.275 e. The quantitative estimate of drug-likeness (QED) is 0.487. The van der Waals surface area contributed by atoms with Crippen LogP contribution < -0.4 is 5.32 Å². The van der Waals surface area contributed by atoms with E-state index in [0.29, 0.717) is 29.8 Å². The van der Waals surface area contributed by atoms with Crippen molar-refractivity contribution in [1.29, 1.82) is 0 Å². The Bertz CT molecular complexity index is 1280. The van der Waals surface area contributed by atoms with E-state index in [1.54, 1.807) is 18.6 Å². The molecule has 6 heterocycles. The first-order valence-corrected chi connectivity index (χ1v) is 12.0. The van der Waals surface area contributed by atoms with Crippen LogP contribution in [0.25, 0.3) is 16.0 Å². The summed E-state index contributed by atoms with van der Waals surface area (Å²) in [6, 6.07) is 7.90. The lowest BCUT2D eigenvalue weighted by Gasteiger charge is -2.57. The molecule has 2 bridgehead atoms. The van der Waals surface area contributed by atoms with Gasteiger partial charge in [-0.25, -0.2) is 15.0 Å². The predicted octanol–water partition coefficient (Wildman–Crippen LogP) is 3.33. The lowest BCUT2D eigenvalue weighted by atomic mass is 9.64. The molecule has 1 N–H and O–H groups in total. The number of carbonyl (C=O) groups excluding carboxylic acids is 1. The van der Waals surface area contributed by atoms with Crippen LogP contribution in [0.1, 0.15) is 35.9 Å². The third-order valence-corrected chi connectivity index (χ3v) is 7.90. The fourth-order valence-electron chi connectivity index (χ4n) is 5.09. The molecule has 1 aliphatic carbocycles. The number of rotatable bonds is 5. The van der Waals surface area contributed by atoms with Gasteiger partial charge in [0.25, 0.3) is 5.91 Å². The Morgan fingerprint density at radius 1 is 1.15 bits per heavy atom. The summed E-state index contributed by atoms with van der Waals surface area (Å²) in [5.41, 5.74) is 2.69. The van der Waals surface area contributed by atoms with Crippen LogP contribution in [0.3, 0.4) is 0 Å². The SMILES string of the molecule is Cc1ccc(-n2nccn2)c(C(=O)N2C3CC(C3)[C@H](C)[C@@H]2CNc2nc3cccnc3s2)n1. The van der Waals surface area contributed by atoms with Crippen molar-refractivity contribution in [2.24, 2.45) is 11.8 Å². The molecule has 4 aromatic heterocycles. The first kappa shape index (κ1) is 20.2. The highest BCUT2D eigenvalue weighted by Crippen LogP contribution is 2.47. The second kappa shape index (κ2) is 7.87. The summed E-state index contributed by atoms with van der Waals surface area (Å²) in [4.78, 5) is 32.1. The van der Waals surface area contributed by atoms with Gasteiger partial charge in [-0.15, -0.1) is 4.80 Å². The number of aromatic nitrogens is 6. The zero-order chi connectivity index (χ0) is 22.5. The van der Waals surface area contributed by atoms with Gasteiger partial charge in [0.1, 0.15) is 16.0 Å². The molecule has 1 amide bonds. The molecule has 2 saturated heterocycles. The molecule has 3 fully saturated rings. The molecular formula is C23H24N8OS. The number of anilines is 1. The molecule has 0 aromatic carbocycles. The maximum absolute atomic E-state index is 14.0. The molecule has 10 heteroatoms. The molecule has 2 aliphatic heterocycles. The highest BCUT2D eigenvalue weighted by molar-refractivity contribution is 7.21. The van der Waals surface area contributed by atoms with Gasteiger partial charge < -0.3 is 10.2 Å². The Morgan fingerprint density at radius 2 is 1.97 bits per heavy atom. The number of fused-ring (bicyclic) bond motifs is 3. The van der Waals surface area contributed by atoms with Crippen LogP contribution in [0.4, 0.5) is 5.13 Å². The van der Waals surface area contributed by atoms with Crippen molar-refractivity contribution in [3.63, 3.8) is 0 Å². The van der Waals surface area contributed by atoms with Gasteiger partial charge in [-0.3, -0.25) is 4.79 Å². The number of carbonyl (C=O) groups is 1. The first-order valence-electron chi connectivity index (χ1n) is 11.2. The molecule has 0 spiro atoms. The second-order valence-corrected chi connectivity index (χ2v) is 9.87. The molecule has 3 aliphatic rings. The highest BCUT2D eigenvalue weighted by atomic mass is 32.1. The van der Waals surface area contributed by atoms with E-state index in [2.05, 4.69) is 42.3 Å². The number of amides is 1. The first-order chi connectivity index (χ1) is 16.1. The van der Waals surface area contributed by atoms with E-state index in [0.717, 1.165) is 34.0 Å². The number of aryl methyl sites for hydroxylation is 1. The van der Waals surface area contributed by atoms with Gasteiger partial charge in [0.05, 0.1) is 18.4 Å². The average molecular weight is 461 g/mol. The van der Waals surface area contributed by atoms with Gasteiger partial charge in [-0.2, -0.15) is 10.2 Å². The van der Waals surface area contributed by atoms with E-state index in [-0.39, 0.29) is 18.0 Å². The van der Waals surface area contributed by atoms with E-state index in [4.69, 9.17) is 0 Å². The van der Waals surface area contributed by atoms with Crippen LogP contribution in [0.2, 0.25) is 0 Å². The van der Waals surface area contributed by atoms with Crippen molar-refractivity contribution in [2.75, 3.05) is 11.9 Å². The normalized spacial score (nSPS) is 24.0. The van der Waals surface area contributed by atoms with Crippen LogP contribution in [0, 0.1) is 18.8 Å². The number of pyridine rings is 2. The van der Waals surface area contributed by atoms with Crippen LogP contribution in [-0.4, -0.2) is 59.4 Å². The lowest BCUT2D eigenvalue weighted by molar-refractivity contribution is -0.0505. The van der Waals surface area contributed by atoms with E-state index >= 15 is 0 Å². The topological polar surface area (TPSA) is 102 Å². The minimum absolute atomic E-state index is 0.0516. The Kier molecular flexibility index (Phi) is 4.83. The van der Waals surface area contributed by atoms with E-state index in [1.807, 2.05) is 31.2 Å². The standard InChI is InChI=1S/C23H24N8OS/c1-13-5-6-18(31-26-8-9-27-31)20(28-13)22(32)30-16-10-15(11-16)14(2)19(30)12-25-23-29-17-4-3-7-24-21(17)33-23/h3-9,14-16,19H,10-12H2,1-2H3,(H,25,29)/t14-,15?,16?,19-/m0/s1. The average Bonchev–Trinajstić information content (AvgIpc) is 3.46. The van der Waals surface area contributed by atoms with Gasteiger partial charge in [0, 0.05) is 24.5 Å². The molecule has 9 nitrogen and oxygen atoms in total. The lowest BCUT2D eigenvalue weighted by Crippen LogP contribution is -2.64. The third-order valence-electron chi connectivity index (χ3n) is 6.96. The molecular weight excluding hydrogens is 436 g/mol. The fraction of sp³-hybridized carbons (Fsp3) is 0.391. The molecule has 1 saturated carbocycles. The molecule has 0 radical (unpaired) electrons. The van der Waals surface area contributed by atoms with E-state index in [9.17, 15) is 4.79 Å². The second-order valence-electron chi connectivity index (χ2n) is 8.89. The van der Waals surface area contributed by atoms with Crippen molar-refractivity contribution in [3.05, 3.63) is 54.2 Å². The zero-order valence-corrected chi connectivity index (χ0v) is 19.2. The number of piperidine rings is 2. The molecule has 4 aromatic rings. The molecule has 7 rings (SSSR count). The molecule has 2 atom stereocenters. The summed E-state index contributed by atoms with van der Waals surface area (Å²) in [6.07, 6.45) is 7.09. The van der Waals surface area contributed by atoms with Gasteiger partial charge in [0.15, 0.2) is 10.8 Å². The highest BCUT2D eigenvalue weighted by Gasteiger charge is 2.51. The van der Waals surface area contributed by atoms with Crippen molar-refractivity contribution in [2.45, 2.75) is 38.8 Å². The van der Waals surface area contributed by atoms with Crippen molar-refractivity contribution in [1.82, 2.24) is 34.8 Å². The maximum Gasteiger partial charge on any atom is 0.275 e. The summed E-state index contributed by atoms with van der Waals surface area (Å²) in [5.74, 6) is 0.981. The van der Waals surface area contributed by atoms with Crippen molar-refractivity contribution in [3.8, 4) is 5.69 Å². The van der Waals surface area contributed by atoms with Crippen LogP contribution >= 0.6 is 11.3 Å². The minimum Gasteiger partial charge on any atom is -0.359 e. The van der Waals surface area contributed by atoms with E-state index < -0.39 is 0 Å². The summed E-state index contributed by atoms with van der Waals surface area (Å²) in [7, 11) is 0. The Balaban J connectivity index is 1.31. The van der Waals surface area contributed by atoms with Crippen LogP contribution in [-0.2, 0) is 0 Å². The summed E-state index contributed by atoms with van der Waals surface area (Å²) < 4.78 is 0.